The van der Waals surface area contributed by atoms with Crippen molar-refractivity contribution in [1.82, 2.24) is 19.7 Å². The molecule has 2 aliphatic rings. The maximum atomic E-state index is 5.44. The van der Waals surface area contributed by atoms with Crippen molar-refractivity contribution in [3.05, 3.63) is 36.0 Å². The maximum absolute atomic E-state index is 5.44. The van der Waals surface area contributed by atoms with Gasteiger partial charge in [-0.05, 0) is 31.7 Å². The number of aryl methyl sites for hydroxylation is 1. The lowest BCUT2D eigenvalue weighted by Gasteiger charge is -2.10. The van der Waals surface area contributed by atoms with Crippen molar-refractivity contribution in [2.24, 2.45) is 0 Å². The summed E-state index contributed by atoms with van der Waals surface area (Å²) in [5, 5.41) is 7.84. The minimum absolute atomic E-state index is 0.420. The number of aromatic nitrogens is 4. The van der Waals surface area contributed by atoms with Crippen LogP contribution in [-0.4, -0.2) is 39.5 Å². The first-order valence-corrected chi connectivity index (χ1v) is 8.55. The first-order valence-electron chi connectivity index (χ1n) is 8.55. The summed E-state index contributed by atoms with van der Waals surface area (Å²) in [4.78, 5) is 8.70. The number of nitrogens with one attached hydrogen (secondary N) is 1. The Morgan fingerprint density at radius 3 is 3.00 bits per heavy atom. The normalized spacial score (nSPS) is 20.8. The Hall–Kier alpha value is -1.95. The summed E-state index contributed by atoms with van der Waals surface area (Å²) < 4.78 is 7.59. The average molecular weight is 313 g/mol. The van der Waals surface area contributed by atoms with Crippen LogP contribution in [0.2, 0.25) is 0 Å². The lowest BCUT2D eigenvalue weighted by Crippen LogP contribution is -2.11. The van der Waals surface area contributed by atoms with E-state index in [1.54, 1.807) is 6.33 Å². The highest BCUT2D eigenvalue weighted by Crippen LogP contribution is 2.39. The van der Waals surface area contributed by atoms with E-state index in [2.05, 4.69) is 37.2 Å². The van der Waals surface area contributed by atoms with Crippen molar-refractivity contribution < 1.29 is 4.74 Å². The first kappa shape index (κ1) is 14.6. The Labute approximate surface area is 136 Å². The molecule has 1 saturated heterocycles. The highest BCUT2D eigenvalue weighted by molar-refractivity contribution is 5.35. The molecule has 6 nitrogen and oxygen atoms in total. The zero-order valence-electron chi connectivity index (χ0n) is 13.3. The summed E-state index contributed by atoms with van der Waals surface area (Å²) in [6.45, 7) is 3.46. The molecule has 0 spiro atoms. The molecule has 1 saturated carbocycles. The highest BCUT2D eigenvalue weighted by atomic mass is 16.5. The van der Waals surface area contributed by atoms with Gasteiger partial charge < -0.3 is 10.1 Å². The fourth-order valence-corrected chi connectivity index (χ4v) is 3.16. The summed E-state index contributed by atoms with van der Waals surface area (Å²) >= 11 is 0. The van der Waals surface area contributed by atoms with Gasteiger partial charge in [0.15, 0.2) is 0 Å². The molecule has 2 fully saturated rings. The Bertz CT molecular complexity index is 646. The molecule has 4 rings (SSSR count). The van der Waals surface area contributed by atoms with Gasteiger partial charge in [-0.15, -0.1) is 0 Å². The van der Waals surface area contributed by atoms with Gasteiger partial charge in [0.2, 0.25) is 0 Å². The molecule has 23 heavy (non-hydrogen) atoms. The third-order valence-electron chi connectivity index (χ3n) is 4.63. The molecular weight excluding hydrogens is 290 g/mol. The predicted molar refractivity (Wildman–Crippen MR) is 87.5 cm³/mol. The summed E-state index contributed by atoms with van der Waals surface area (Å²) in [7, 11) is 0. The largest absolute Gasteiger partial charge is 0.381 e. The number of nitrogens with zero attached hydrogens (tertiary/aromatic N) is 4. The van der Waals surface area contributed by atoms with Crippen LogP contribution in [0.15, 0.2) is 24.7 Å². The van der Waals surface area contributed by atoms with Crippen LogP contribution in [0.4, 0.5) is 5.82 Å². The smallest absolute Gasteiger partial charge is 0.129 e. The van der Waals surface area contributed by atoms with E-state index in [9.17, 15) is 0 Å². The van der Waals surface area contributed by atoms with Gasteiger partial charge in [-0.2, -0.15) is 5.10 Å². The van der Waals surface area contributed by atoms with Crippen molar-refractivity contribution in [3.63, 3.8) is 0 Å². The minimum atomic E-state index is 0.420. The zero-order valence-corrected chi connectivity index (χ0v) is 13.3. The molecule has 1 aliphatic heterocycles. The summed E-state index contributed by atoms with van der Waals surface area (Å²) in [5.74, 6) is 2.08. The number of hydrogen-bond acceptors (Lipinski definition) is 5. The van der Waals surface area contributed by atoms with Crippen molar-refractivity contribution in [2.75, 3.05) is 25.1 Å². The van der Waals surface area contributed by atoms with Crippen LogP contribution in [0, 0.1) is 0 Å². The van der Waals surface area contributed by atoms with E-state index < -0.39 is 0 Å². The average Bonchev–Trinajstić information content (AvgIpc) is 3.10. The zero-order chi connectivity index (χ0) is 15.5. The highest BCUT2D eigenvalue weighted by Gasteiger charge is 2.26. The maximum Gasteiger partial charge on any atom is 0.129 e. The monoisotopic (exact) mass is 313 g/mol. The molecule has 0 radical (unpaired) electrons. The molecule has 6 heteroatoms. The van der Waals surface area contributed by atoms with E-state index in [-0.39, 0.29) is 0 Å². The van der Waals surface area contributed by atoms with Crippen LogP contribution in [0.25, 0.3) is 0 Å². The topological polar surface area (TPSA) is 64.9 Å². The quantitative estimate of drug-likeness (QED) is 0.796. The predicted octanol–water partition coefficient (Wildman–Crippen LogP) is 2.56. The Morgan fingerprint density at radius 2 is 2.17 bits per heavy atom. The second-order valence-corrected chi connectivity index (χ2v) is 6.42. The molecule has 2 aromatic rings. The lowest BCUT2D eigenvalue weighted by atomic mass is 10.1. The minimum Gasteiger partial charge on any atom is -0.381 e. The van der Waals surface area contributed by atoms with Gasteiger partial charge in [0.05, 0.1) is 12.3 Å². The molecule has 2 aromatic heterocycles. The number of anilines is 1. The first-order chi connectivity index (χ1) is 11.4. The number of hydrogen-bond donors (Lipinski definition) is 1. The second-order valence-electron chi connectivity index (χ2n) is 6.42. The summed E-state index contributed by atoms with van der Waals surface area (Å²) in [5.41, 5.74) is 2.48. The summed E-state index contributed by atoms with van der Waals surface area (Å²) in [6.07, 6.45) is 8.29. The van der Waals surface area contributed by atoms with Crippen molar-refractivity contribution >= 4 is 5.82 Å². The van der Waals surface area contributed by atoms with Gasteiger partial charge in [-0.3, -0.25) is 4.68 Å². The van der Waals surface area contributed by atoms with Gasteiger partial charge in [-0.1, -0.05) is 0 Å². The van der Waals surface area contributed by atoms with Gasteiger partial charge in [0, 0.05) is 49.5 Å². The Balaban J connectivity index is 1.27. The van der Waals surface area contributed by atoms with Crippen LogP contribution in [0.3, 0.4) is 0 Å². The molecule has 0 unspecified atom stereocenters. The Kier molecular flexibility index (Phi) is 4.24. The summed E-state index contributed by atoms with van der Waals surface area (Å²) in [6, 6.07) is 4.22. The standard InChI is InChI=1S/C17H23N5O/c1(8-22-16(4-7-21-22)13-2-3-13)6-18-17-10-15(19-12-20-17)14-5-9-23-11-14/h4,7,10,12-14H,1-3,5-6,8-9,11H2,(H,18,19,20)/t14-/m1/s1. The van der Waals surface area contributed by atoms with E-state index in [0.717, 1.165) is 56.6 Å². The molecule has 3 heterocycles. The molecule has 122 valence electrons. The van der Waals surface area contributed by atoms with Crippen LogP contribution < -0.4 is 5.32 Å². The van der Waals surface area contributed by atoms with Gasteiger partial charge in [0.1, 0.15) is 12.1 Å². The van der Waals surface area contributed by atoms with E-state index in [1.165, 1.54) is 18.5 Å². The third-order valence-corrected chi connectivity index (χ3v) is 4.63. The molecule has 1 atom stereocenters. The van der Waals surface area contributed by atoms with E-state index in [4.69, 9.17) is 4.74 Å². The van der Waals surface area contributed by atoms with Crippen molar-refractivity contribution in [1.29, 1.82) is 0 Å². The Morgan fingerprint density at radius 1 is 1.22 bits per heavy atom. The number of ether oxygens (including phenoxy) is 1. The third kappa shape index (κ3) is 3.52. The van der Waals surface area contributed by atoms with E-state index >= 15 is 0 Å². The van der Waals surface area contributed by atoms with Crippen molar-refractivity contribution in [3.8, 4) is 0 Å². The lowest BCUT2D eigenvalue weighted by molar-refractivity contribution is 0.193. The molecule has 1 N–H and O–H groups in total. The van der Waals surface area contributed by atoms with Crippen LogP contribution in [0.5, 0.6) is 0 Å². The molecule has 1 aliphatic carbocycles. The van der Waals surface area contributed by atoms with Gasteiger partial charge in [0.25, 0.3) is 0 Å². The fraction of sp³-hybridized carbons (Fsp3) is 0.588. The molecule has 0 amide bonds. The van der Waals surface area contributed by atoms with E-state index in [0.29, 0.717) is 5.92 Å². The second kappa shape index (κ2) is 6.66. The van der Waals surface area contributed by atoms with Gasteiger partial charge in [-0.25, -0.2) is 9.97 Å². The fourth-order valence-electron chi connectivity index (χ4n) is 3.16. The van der Waals surface area contributed by atoms with Gasteiger partial charge >= 0.3 is 0 Å². The van der Waals surface area contributed by atoms with E-state index in [1.807, 2.05) is 6.20 Å². The van der Waals surface area contributed by atoms with Crippen LogP contribution >= 0.6 is 0 Å². The van der Waals surface area contributed by atoms with Crippen molar-refractivity contribution in [2.45, 2.75) is 44.1 Å². The van der Waals surface area contributed by atoms with Crippen LogP contribution in [-0.2, 0) is 11.3 Å². The SMILES string of the molecule is c1nc(NCCCn2nccc2C2CC2)cc([C@@H]2CCOC2)n1. The molecule has 0 bridgehead atoms. The number of rotatable bonds is 7. The van der Waals surface area contributed by atoms with Crippen LogP contribution in [0.1, 0.15) is 48.9 Å². The molecule has 0 aromatic carbocycles. The molecular formula is C17H23N5O.